The first-order chi connectivity index (χ1) is 7.10. The molecule has 0 heterocycles. The lowest BCUT2D eigenvalue weighted by Gasteiger charge is -2.14. The Bertz CT molecular complexity index is 228. The average Bonchev–Trinajstić information content (AvgIpc) is 2.15. The van der Waals surface area contributed by atoms with E-state index in [1.807, 2.05) is 6.92 Å². The van der Waals surface area contributed by atoms with E-state index in [1.54, 1.807) is 0 Å². The van der Waals surface area contributed by atoms with Gasteiger partial charge in [0.05, 0.1) is 0 Å². The number of esters is 1. The lowest BCUT2D eigenvalue weighted by atomic mass is 10.1. The summed E-state index contributed by atoms with van der Waals surface area (Å²) in [4.78, 5) is 21.2. The summed E-state index contributed by atoms with van der Waals surface area (Å²) in [5, 5.41) is 17.0. The lowest BCUT2D eigenvalue weighted by Crippen LogP contribution is -2.18. The van der Waals surface area contributed by atoms with Gasteiger partial charge in [0.15, 0.2) is 0 Å². The van der Waals surface area contributed by atoms with Crippen LogP contribution in [0, 0.1) is 0 Å². The summed E-state index contributed by atoms with van der Waals surface area (Å²) in [6, 6.07) is 0. The lowest BCUT2D eigenvalue weighted by molar-refractivity contribution is -0.144. The second kappa shape index (κ2) is 7.99. The minimum Gasteiger partial charge on any atom is -0.478 e. The summed E-state index contributed by atoms with van der Waals surface area (Å²) >= 11 is 0. The minimum absolute atomic E-state index is 0.0550. The Morgan fingerprint density at radius 2 is 2.00 bits per heavy atom. The van der Waals surface area contributed by atoms with E-state index in [4.69, 9.17) is 14.9 Å². The fraction of sp³-hybridized carbons (Fsp3) is 0.600. The van der Waals surface area contributed by atoms with Gasteiger partial charge < -0.3 is 14.9 Å². The van der Waals surface area contributed by atoms with Crippen LogP contribution in [0.15, 0.2) is 12.2 Å². The molecule has 0 aromatic rings. The predicted molar refractivity (Wildman–Crippen MR) is 53.3 cm³/mol. The summed E-state index contributed by atoms with van der Waals surface area (Å²) in [6.07, 6.45) is 3.12. The maximum absolute atomic E-state index is 11.1. The molecule has 0 fully saturated rings. The highest BCUT2D eigenvalue weighted by molar-refractivity contribution is 5.90. The van der Waals surface area contributed by atoms with Crippen molar-refractivity contribution in [2.45, 2.75) is 32.3 Å². The number of rotatable bonds is 7. The molecule has 0 amide bonds. The number of carbonyl (C=O) groups excluding carboxylic acids is 1. The summed E-state index contributed by atoms with van der Waals surface area (Å²) in [7, 11) is 0. The van der Waals surface area contributed by atoms with E-state index < -0.39 is 11.9 Å². The van der Waals surface area contributed by atoms with Gasteiger partial charge in [0.2, 0.25) is 0 Å². The van der Waals surface area contributed by atoms with Gasteiger partial charge in [-0.3, -0.25) is 0 Å². The van der Waals surface area contributed by atoms with E-state index in [0.717, 1.165) is 18.6 Å². The van der Waals surface area contributed by atoms with E-state index in [9.17, 15) is 9.59 Å². The van der Waals surface area contributed by atoms with Crippen LogP contribution in [-0.4, -0.2) is 34.9 Å². The van der Waals surface area contributed by atoms with Crippen LogP contribution in [0.1, 0.15) is 26.2 Å². The van der Waals surface area contributed by atoms with E-state index in [2.05, 4.69) is 0 Å². The number of aliphatic hydroxyl groups is 1. The average molecular weight is 216 g/mol. The zero-order valence-electron chi connectivity index (χ0n) is 8.68. The predicted octanol–water partition coefficient (Wildman–Crippen LogP) is 0.721. The van der Waals surface area contributed by atoms with Crippen molar-refractivity contribution in [2.24, 2.45) is 0 Å². The van der Waals surface area contributed by atoms with Crippen molar-refractivity contribution in [1.82, 2.24) is 0 Å². The van der Waals surface area contributed by atoms with Crippen molar-refractivity contribution in [3.8, 4) is 0 Å². The second-order valence-electron chi connectivity index (χ2n) is 3.03. The third-order valence-corrected chi connectivity index (χ3v) is 1.71. The van der Waals surface area contributed by atoms with Crippen molar-refractivity contribution in [3.63, 3.8) is 0 Å². The summed E-state index contributed by atoms with van der Waals surface area (Å²) < 4.78 is 4.93. The Morgan fingerprint density at radius 1 is 1.33 bits per heavy atom. The van der Waals surface area contributed by atoms with Crippen LogP contribution in [0.3, 0.4) is 0 Å². The van der Waals surface area contributed by atoms with Gasteiger partial charge in [-0.05, 0) is 6.42 Å². The van der Waals surface area contributed by atoms with Crippen LogP contribution in [0.2, 0.25) is 0 Å². The number of aliphatic carboxylic acids is 1. The molecule has 0 aliphatic rings. The molecule has 15 heavy (non-hydrogen) atoms. The van der Waals surface area contributed by atoms with Crippen molar-refractivity contribution in [2.75, 3.05) is 6.61 Å². The van der Waals surface area contributed by atoms with Crippen molar-refractivity contribution in [3.05, 3.63) is 12.2 Å². The van der Waals surface area contributed by atoms with Crippen LogP contribution in [0.4, 0.5) is 0 Å². The maximum atomic E-state index is 11.1. The van der Waals surface area contributed by atoms with E-state index in [0.29, 0.717) is 12.8 Å². The highest BCUT2D eigenvalue weighted by atomic mass is 16.5. The molecule has 0 aliphatic heterocycles. The van der Waals surface area contributed by atoms with Gasteiger partial charge in [-0.1, -0.05) is 13.3 Å². The molecule has 2 N–H and O–H groups in total. The van der Waals surface area contributed by atoms with E-state index in [1.165, 1.54) is 0 Å². The molecular weight excluding hydrogens is 200 g/mol. The first-order valence-corrected chi connectivity index (χ1v) is 4.82. The van der Waals surface area contributed by atoms with Gasteiger partial charge >= 0.3 is 11.9 Å². The van der Waals surface area contributed by atoms with E-state index >= 15 is 0 Å². The summed E-state index contributed by atoms with van der Waals surface area (Å²) in [5.74, 6) is -1.88. The quantitative estimate of drug-likeness (QED) is 0.484. The van der Waals surface area contributed by atoms with E-state index in [-0.39, 0.29) is 12.7 Å². The largest absolute Gasteiger partial charge is 0.478 e. The first kappa shape index (κ1) is 13.6. The smallest absolute Gasteiger partial charge is 0.331 e. The number of hydrogen-bond acceptors (Lipinski definition) is 4. The topological polar surface area (TPSA) is 83.8 Å². The molecule has 0 aliphatic carbocycles. The molecular formula is C10H16O5. The molecule has 0 rings (SSSR count). The number of carbonyl (C=O) groups is 2. The zero-order chi connectivity index (χ0) is 11.7. The number of hydrogen-bond donors (Lipinski definition) is 2. The summed E-state index contributed by atoms with van der Waals surface area (Å²) in [6.45, 7) is 1.88. The normalized spacial score (nSPS) is 12.7. The standard InChI is InChI=1S/C10H16O5/c1-2-3-8(6-7-11)15-10(14)5-4-9(12)13/h4-5,8,11H,2-3,6-7H2,1H3,(H,12,13)/b5-4+. The van der Waals surface area contributed by atoms with Crippen molar-refractivity contribution < 1.29 is 24.5 Å². The van der Waals surface area contributed by atoms with Gasteiger partial charge in [-0.15, -0.1) is 0 Å². The molecule has 0 saturated carbocycles. The number of aliphatic hydroxyl groups excluding tert-OH is 1. The molecule has 0 aromatic carbocycles. The molecule has 5 heteroatoms. The van der Waals surface area contributed by atoms with Gasteiger partial charge in [0.1, 0.15) is 6.10 Å². The van der Waals surface area contributed by atoms with Crippen LogP contribution in [0.25, 0.3) is 0 Å². The second-order valence-corrected chi connectivity index (χ2v) is 3.03. The maximum Gasteiger partial charge on any atom is 0.331 e. The summed E-state index contributed by atoms with van der Waals surface area (Å²) in [5.41, 5.74) is 0. The van der Waals surface area contributed by atoms with Gasteiger partial charge in [-0.2, -0.15) is 0 Å². The first-order valence-electron chi connectivity index (χ1n) is 4.82. The van der Waals surface area contributed by atoms with Gasteiger partial charge in [0, 0.05) is 25.2 Å². The Balaban J connectivity index is 4.04. The molecule has 1 unspecified atom stereocenters. The van der Waals surface area contributed by atoms with Crippen LogP contribution < -0.4 is 0 Å². The fourth-order valence-corrected chi connectivity index (χ4v) is 1.07. The third kappa shape index (κ3) is 7.69. The molecule has 0 bridgehead atoms. The highest BCUT2D eigenvalue weighted by Gasteiger charge is 2.11. The Kier molecular flexibility index (Phi) is 7.27. The van der Waals surface area contributed by atoms with Crippen molar-refractivity contribution in [1.29, 1.82) is 0 Å². The zero-order valence-corrected chi connectivity index (χ0v) is 8.68. The molecule has 1 atom stereocenters. The molecule has 0 radical (unpaired) electrons. The molecule has 86 valence electrons. The van der Waals surface area contributed by atoms with Crippen molar-refractivity contribution >= 4 is 11.9 Å². The molecule has 0 saturated heterocycles. The molecule has 0 aromatic heterocycles. The fourth-order valence-electron chi connectivity index (χ4n) is 1.07. The monoisotopic (exact) mass is 216 g/mol. The number of carboxylic acids is 1. The van der Waals surface area contributed by atoms with Crippen LogP contribution >= 0.6 is 0 Å². The number of carboxylic acid groups (broad SMARTS) is 1. The van der Waals surface area contributed by atoms with Crippen LogP contribution in [0.5, 0.6) is 0 Å². The third-order valence-electron chi connectivity index (χ3n) is 1.71. The minimum atomic E-state index is -1.19. The van der Waals surface area contributed by atoms with Gasteiger partial charge in [-0.25, -0.2) is 9.59 Å². The van der Waals surface area contributed by atoms with Crippen LogP contribution in [-0.2, 0) is 14.3 Å². The Labute approximate surface area is 88.4 Å². The number of ether oxygens (including phenoxy) is 1. The Hall–Kier alpha value is -1.36. The molecule has 5 nitrogen and oxygen atoms in total. The van der Waals surface area contributed by atoms with Gasteiger partial charge in [0.25, 0.3) is 0 Å². The SMILES string of the molecule is CCCC(CCO)OC(=O)/C=C/C(=O)O. The molecule has 0 spiro atoms. The highest BCUT2D eigenvalue weighted by Crippen LogP contribution is 2.06. The Morgan fingerprint density at radius 3 is 2.47 bits per heavy atom.